The molecule has 0 bridgehead atoms. The van der Waals surface area contributed by atoms with Crippen molar-refractivity contribution >= 4 is 55.8 Å². The van der Waals surface area contributed by atoms with Crippen molar-refractivity contribution in [3.8, 4) is 22.5 Å². The average Bonchev–Trinajstić information content (AvgIpc) is 3.01. The van der Waals surface area contributed by atoms with Crippen LogP contribution in [-0.4, -0.2) is 19.9 Å². The lowest BCUT2D eigenvalue weighted by Gasteiger charge is -2.09. The Morgan fingerprint density at radius 2 is 0.700 bits per heavy atom. The first-order valence-electron chi connectivity index (χ1n) is 13.5. The minimum Gasteiger partial charge on any atom is -0.246 e. The minimum atomic E-state index is 0.915. The molecule has 4 heterocycles. The normalized spacial score (nSPS) is 12.1. The third kappa shape index (κ3) is 4.20. The van der Waals surface area contributed by atoms with Crippen molar-refractivity contribution in [3.05, 3.63) is 121 Å². The van der Waals surface area contributed by atoms with Crippen molar-refractivity contribution in [2.45, 2.75) is 13.8 Å². The van der Waals surface area contributed by atoms with Gasteiger partial charge in [0.25, 0.3) is 0 Å². The molecule has 40 heavy (non-hydrogen) atoms. The minimum absolute atomic E-state index is 0.915. The third-order valence-corrected chi connectivity index (χ3v) is 7.23. The zero-order valence-corrected chi connectivity index (χ0v) is 22.3. The Morgan fingerprint density at radius 3 is 1.07 bits per heavy atom. The molecular formula is C36H26N4. The molecule has 3 aromatic carbocycles. The van der Waals surface area contributed by atoms with Crippen LogP contribution in [0.2, 0.25) is 0 Å². The number of fused-ring (bicyclic) bond motifs is 6. The van der Waals surface area contributed by atoms with Gasteiger partial charge < -0.3 is 0 Å². The van der Waals surface area contributed by atoms with E-state index in [1.54, 1.807) is 0 Å². The number of hydrogen-bond donors (Lipinski definition) is 0. The Bertz CT molecular complexity index is 1970. The number of rotatable bonds is 4. The van der Waals surface area contributed by atoms with Crippen LogP contribution in [0.25, 0.3) is 78.3 Å². The van der Waals surface area contributed by atoms with Gasteiger partial charge in [0, 0.05) is 32.7 Å². The van der Waals surface area contributed by atoms with E-state index < -0.39 is 0 Å². The van der Waals surface area contributed by atoms with Crippen molar-refractivity contribution in [2.75, 3.05) is 0 Å². The van der Waals surface area contributed by atoms with Crippen molar-refractivity contribution in [2.24, 2.45) is 0 Å². The molecule has 0 aliphatic heterocycles. The topological polar surface area (TPSA) is 51.6 Å². The molecule has 7 rings (SSSR count). The Balaban J connectivity index is 1.29. The van der Waals surface area contributed by atoms with Gasteiger partial charge in [0.05, 0.1) is 44.8 Å². The molecule has 0 spiro atoms. The summed E-state index contributed by atoms with van der Waals surface area (Å²) in [4.78, 5) is 19.9. The summed E-state index contributed by atoms with van der Waals surface area (Å²) in [6, 6.07) is 33.6. The number of benzene rings is 3. The monoisotopic (exact) mass is 514 g/mol. The number of aromatic nitrogens is 4. The molecule has 7 aromatic rings. The highest BCUT2D eigenvalue weighted by Gasteiger charge is 2.10. The fourth-order valence-electron chi connectivity index (χ4n) is 5.23. The number of nitrogens with zero attached hydrogens (tertiary/aromatic N) is 4. The molecule has 4 heteroatoms. The molecule has 0 unspecified atom stereocenters. The molecule has 0 aliphatic rings. The number of hydrogen-bond acceptors (Lipinski definition) is 4. The molecule has 0 saturated carbocycles. The SMILES string of the molecule is C/C=C/c1ccc2ccc3ccc(-c4ccc(-c5ccc6ccc7ccc(/C=C/C)nc7c6n5)cc4)nc3c2n1. The van der Waals surface area contributed by atoms with Gasteiger partial charge in [-0.2, -0.15) is 0 Å². The molecule has 0 atom stereocenters. The van der Waals surface area contributed by atoms with E-state index in [0.717, 1.165) is 77.5 Å². The van der Waals surface area contributed by atoms with Crippen LogP contribution in [0.3, 0.4) is 0 Å². The molecule has 190 valence electrons. The van der Waals surface area contributed by atoms with Crippen molar-refractivity contribution in [1.82, 2.24) is 19.9 Å². The maximum absolute atomic E-state index is 5.06. The van der Waals surface area contributed by atoms with Gasteiger partial charge in [0.1, 0.15) is 0 Å². The van der Waals surface area contributed by atoms with Crippen LogP contribution in [0, 0.1) is 0 Å². The Hall–Kier alpha value is -5.22. The van der Waals surface area contributed by atoms with E-state index in [2.05, 4.69) is 84.9 Å². The van der Waals surface area contributed by atoms with Crippen LogP contribution in [-0.2, 0) is 0 Å². The summed E-state index contributed by atoms with van der Waals surface area (Å²) in [5.41, 5.74) is 9.48. The predicted molar refractivity (Wildman–Crippen MR) is 168 cm³/mol. The molecule has 0 amide bonds. The second kappa shape index (κ2) is 9.83. The van der Waals surface area contributed by atoms with Gasteiger partial charge >= 0.3 is 0 Å². The molecule has 4 nitrogen and oxygen atoms in total. The van der Waals surface area contributed by atoms with E-state index >= 15 is 0 Å². The lowest BCUT2D eigenvalue weighted by atomic mass is 10.0. The van der Waals surface area contributed by atoms with E-state index in [9.17, 15) is 0 Å². The van der Waals surface area contributed by atoms with Crippen LogP contribution in [0.15, 0.2) is 109 Å². The van der Waals surface area contributed by atoms with Gasteiger partial charge in [-0.05, 0) is 50.3 Å². The van der Waals surface area contributed by atoms with E-state index in [0.29, 0.717) is 0 Å². The Kier molecular flexibility index (Phi) is 5.86. The smallest absolute Gasteiger partial charge is 0.0972 e. The van der Waals surface area contributed by atoms with Crippen LogP contribution in [0.5, 0.6) is 0 Å². The van der Waals surface area contributed by atoms with E-state index in [1.807, 2.05) is 50.3 Å². The molecule has 0 fully saturated rings. The lowest BCUT2D eigenvalue weighted by molar-refractivity contribution is 1.34. The fourth-order valence-corrected chi connectivity index (χ4v) is 5.23. The highest BCUT2D eigenvalue weighted by Crippen LogP contribution is 2.30. The van der Waals surface area contributed by atoms with Crippen molar-refractivity contribution < 1.29 is 0 Å². The second-order valence-electron chi connectivity index (χ2n) is 9.86. The van der Waals surface area contributed by atoms with E-state index in [4.69, 9.17) is 19.9 Å². The summed E-state index contributed by atoms with van der Waals surface area (Å²) in [6.45, 7) is 4.00. The van der Waals surface area contributed by atoms with Crippen LogP contribution < -0.4 is 0 Å². The molecule has 0 aliphatic carbocycles. The first-order chi connectivity index (χ1) is 19.7. The van der Waals surface area contributed by atoms with Gasteiger partial charge in [0.2, 0.25) is 0 Å². The lowest BCUT2D eigenvalue weighted by Crippen LogP contribution is -1.91. The molecular weight excluding hydrogens is 488 g/mol. The Morgan fingerprint density at radius 1 is 0.375 bits per heavy atom. The van der Waals surface area contributed by atoms with E-state index in [-0.39, 0.29) is 0 Å². The standard InChI is InChI=1S/C36H26N4/c1-3-5-29-19-15-25-11-13-27-17-21-31(39-35(27)33(25)37-29)23-7-9-24(10-8-23)32-22-18-28-14-12-26-16-20-30(6-4-2)38-34(26)36(28)40-32/h3-22H,1-2H3/b5-3+,6-4+. The van der Waals surface area contributed by atoms with Gasteiger partial charge in [-0.1, -0.05) is 84.9 Å². The molecule has 0 saturated heterocycles. The van der Waals surface area contributed by atoms with Crippen LogP contribution in [0.4, 0.5) is 0 Å². The summed E-state index contributed by atoms with van der Waals surface area (Å²) in [7, 11) is 0. The first kappa shape index (κ1) is 23.9. The average molecular weight is 515 g/mol. The van der Waals surface area contributed by atoms with Crippen molar-refractivity contribution in [1.29, 1.82) is 0 Å². The summed E-state index contributed by atoms with van der Waals surface area (Å²) >= 11 is 0. The summed E-state index contributed by atoms with van der Waals surface area (Å²) in [5.74, 6) is 0. The van der Waals surface area contributed by atoms with Crippen LogP contribution >= 0.6 is 0 Å². The fraction of sp³-hybridized carbons (Fsp3) is 0.0556. The highest BCUT2D eigenvalue weighted by molar-refractivity contribution is 6.04. The Labute approximate surface area is 232 Å². The number of pyridine rings is 4. The summed E-state index contributed by atoms with van der Waals surface area (Å²) < 4.78 is 0. The second-order valence-corrected chi connectivity index (χ2v) is 9.86. The highest BCUT2D eigenvalue weighted by atomic mass is 14.8. The van der Waals surface area contributed by atoms with Gasteiger partial charge in [-0.15, -0.1) is 0 Å². The summed E-state index contributed by atoms with van der Waals surface area (Å²) in [6.07, 6.45) is 8.04. The predicted octanol–water partition coefficient (Wildman–Crippen LogP) is 9.28. The maximum atomic E-state index is 5.06. The van der Waals surface area contributed by atoms with E-state index in [1.165, 1.54) is 0 Å². The van der Waals surface area contributed by atoms with Gasteiger partial charge in [-0.3, -0.25) is 0 Å². The summed E-state index contributed by atoms with van der Waals surface area (Å²) in [5, 5.41) is 4.33. The quantitative estimate of drug-likeness (QED) is 0.220. The zero-order valence-electron chi connectivity index (χ0n) is 22.3. The first-order valence-corrected chi connectivity index (χ1v) is 13.5. The largest absolute Gasteiger partial charge is 0.246 e. The van der Waals surface area contributed by atoms with Gasteiger partial charge in [-0.25, -0.2) is 19.9 Å². The van der Waals surface area contributed by atoms with Gasteiger partial charge in [0.15, 0.2) is 0 Å². The van der Waals surface area contributed by atoms with Crippen molar-refractivity contribution in [3.63, 3.8) is 0 Å². The van der Waals surface area contributed by atoms with Crippen LogP contribution in [0.1, 0.15) is 25.2 Å². The zero-order chi connectivity index (χ0) is 27.1. The maximum Gasteiger partial charge on any atom is 0.0972 e. The number of allylic oxidation sites excluding steroid dienone is 2. The molecule has 0 N–H and O–H groups in total. The third-order valence-electron chi connectivity index (χ3n) is 7.23. The molecule has 0 radical (unpaired) electrons. The molecule has 4 aromatic heterocycles.